The number of hydrogen-bond donors (Lipinski definition) is 1. The zero-order valence-electron chi connectivity index (χ0n) is 12.0. The van der Waals surface area contributed by atoms with Crippen molar-refractivity contribution in [3.8, 4) is 0 Å². The van der Waals surface area contributed by atoms with Crippen molar-refractivity contribution in [1.82, 2.24) is 9.55 Å². The highest BCUT2D eigenvalue weighted by Crippen LogP contribution is 2.25. The molecule has 3 heteroatoms. The number of aromatic nitrogens is 2. The lowest BCUT2D eigenvalue weighted by Gasteiger charge is -2.15. The minimum absolute atomic E-state index is 0.221. The highest BCUT2D eigenvalue weighted by Gasteiger charge is 2.13. The van der Waals surface area contributed by atoms with Crippen molar-refractivity contribution in [3.63, 3.8) is 0 Å². The minimum Gasteiger partial charge on any atom is -0.331 e. The van der Waals surface area contributed by atoms with Crippen LogP contribution in [0.1, 0.15) is 29.7 Å². The van der Waals surface area contributed by atoms with Crippen LogP contribution in [0.4, 0.5) is 0 Å². The standard InChI is InChI=1S/C17H18N2S/c1-11-4-7-14(8-5-11)13(3)19-16-10-12(2)6-9-15(16)18-17(19)20/h4-10,13H,1-3H3,(H,18,20). The molecule has 3 aromatic rings. The van der Waals surface area contributed by atoms with Crippen LogP contribution in [0.15, 0.2) is 42.5 Å². The second kappa shape index (κ2) is 4.91. The summed E-state index contributed by atoms with van der Waals surface area (Å²) in [6, 6.07) is 15.3. The number of aromatic amines is 1. The monoisotopic (exact) mass is 282 g/mol. The number of hydrogen-bond acceptors (Lipinski definition) is 1. The number of imidazole rings is 1. The van der Waals surface area contributed by atoms with Crippen LogP contribution in [-0.2, 0) is 0 Å². The van der Waals surface area contributed by atoms with Gasteiger partial charge in [-0.3, -0.25) is 0 Å². The topological polar surface area (TPSA) is 20.7 Å². The Bertz CT molecular complexity index is 809. The van der Waals surface area contributed by atoms with Gasteiger partial charge < -0.3 is 9.55 Å². The van der Waals surface area contributed by atoms with Gasteiger partial charge in [0, 0.05) is 0 Å². The first-order chi connectivity index (χ1) is 9.56. The Morgan fingerprint density at radius 3 is 2.35 bits per heavy atom. The number of nitrogens with one attached hydrogen (secondary N) is 1. The van der Waals surface area contributed by atoms with E-state index in [1.54, 1.807) is 0 Å². The van der Waals surface area contributed by atoms with E-state index < -0.39 is 0 Å². The molecule has 0 spiro atoms. The molecular formula is C17H18N2S. The van der Waals surface area contributed by atoms with Crippen LogP contribution in [0, 0.1) is 18.6 Å². The van der Waals surface area contributed by atoms with Crippen LogP contribution in [-0.4, -0.2) is 9.55 Å². The first-order valence-electron chi connectivity index (χ1n) is 6.83. The number of nitrogens with zero attached hydrogens (tertiary/aromatic N) is 1. The van der Waals surface area contributed by atoms with Crippen LogP contribution in [0.25, 0.3) is 11.0 Å². The van der Waals surface area contributed by atoms with Gasteiger partial charge in [0.25, 0.3) is 0 Å². The Kier molecular flexibility index (Phi) is 3.22. The van der Waals surface area contributed by atoms with Crippen LogP contribution in [0.3, 0.4) is 0 Å². The number of rotatable bonds is 2. The molecule has 1 heterocycles. The van der Waals surface area contributed by atoms with Gasteiger partial charge in [0.15, 0.2) is 4.77 Å². The fourth-order valence-corrected chi connectivity index (χ4v) is 2.98. The normalized spacial score (nSPS) is 12.8. The predicted molar refractivity (Wildman–Crippen MR) is 86.9 cm³/mol. The van der Waals surface area contributed by atoms with Gasteiger partial charge in [0.05, 0.1) is 17.1 Å². The van der Waals surface area contributed by atoms with Gasteiger partial charge >= 0.3 is 0 Å². The van der Waals surface area contributed by atoms with E-state index in [0.717, 1.165) is 10.3 Å². The Labute approximate surface area is 124 Å². The van der Waals surface area contributed by atoms with E-state index >= 15 is 0 Å². The largest absolute Gasteiger partial charge is 0.331 e. The van der Waals surface area contributed by atoms with E-state index in [2.05, 4.69) is 72.8 Å². The number of benzene rings is 2. The van der Waals surface area contributed by atoms with E-state index in [1.807, 2.05) is 0 Å². The smallest absolute Gasteiger partial charge is 0.178 e. The Balaban J connectivity index is 2.18. The first kappa shape index (κ1) is 13.1. The van der Waals surface area contributed by atoms with Gasteiger partial charge in [-0.15, -0.1) is 0 Å². The highest BCUT2D eigenvalue weighted by molar-refractivity contribution is 7.71. The Hall–Kier alpha value is -1.87. The zero-order valence-corrected chi connectivity index (χ0v) is 12.8. The molecule has 0 bridgehead atoms. The van der Waals surface area contributed by atoms with Crippen LogP contribution < -0.4 is 0 Å². The summed E-state index contributed by atoms with van der Waals surface area (Å²) in [6.07, 6.45) is 0. The molecule has 0 saturated heterocycles. The lowest BCUT2D eigenvalue weighted by Crippen LogP contribution is -2.06. The molecule has 1 unspecified atom stereocenters. The second-order valence-corrected chi connectivity index (χ2v) is 5.79. The third kappa shape index (κ3) is 2.18. The van der Waals surface area contributed by atoms with E-state index in [1.165, 1.54) is 22.2 Å². The molecule has 0 radical (unpaired) electrons. The van der Waals surface area contributed by atoms with Gasteiger partial charge in [-0.2, -0.15) is 0 Å². The van der Waals surface area contributed by atoms with Gasteiger partial charge in [0.1, 0.15) is 0 Å². The summed E-state index contributed by atoms with van der Waals surface area (Å²) >= 11 is 5.51. The molecule has 1 aromatic heterocycles. The van der Waals surface area contributed by atoms with E-state index in [4.69, 9.17) is 12.2 Å². The SMILES string of the molecule is Cc1ccc(C(C)n2c(=S)[nH]c3ccc(C)cc32)cc1. The molecule has 0 saturated carbocycles. The van der Waals surface area contributed by atoms with Crippen molar-refractivity contribution >= 4 is 23.3 Å². The predicted octanol–water partition coefficient (Wildman–Crippen LogP) is 4.93. The molecular weight excluding hydrogens is 264 g/mol. The van der Waals surface area contributed by atoms with Crippen molar-refractivity contribution in [2.45, 2.75) is 26.8 Å². The van der Waals surface area contributed by atoms with Gasteiger partial charge in [0.2, 0.25) is 0 Å². The third-order valence-electron chi connectivity index (χ3n) is 3.82. The minimum atomic E-state index is 0.221. The summed E-state index contributed by atoms with van der Waals surface area (Å²) in [5.74, 6) is 0. The average molecular weight is 282 g/mol. The van der Waals surface area contributed by atoms with E-state index in [9.17, 15) is 0 Å². The third-order valence-corrected chi connectivity index (χ3v) is 4.12. The van der Waals surface area contributed by atoms with Crippen LogP contribution in [0.2, 0.25) is 0 Å². The summed E-state index contributed by atoms with van der Waals surface area (Å²) < 4.78 is 2.97. The molecule has 0 aliphatic carbocycles. The molecule has 20 heavy (non-hydrogen) atoms. The van der Waals surface area contributed by atoms with Crippen molar-refractivity contribution in [1.29, 1.82) is 0 Å². The lowest BCUT2D eigenvalue weighted by molar-refractivity contribution is 0.649. The molecule has 0 aliphatic rings. The van der Waals surface area contributed by atoms with Crippen molar-refractivity contribution in [2.24, 2.45) is 0 Å². The summed E-state index contributed by atoms with van der Waals surface area (Å²) in [6.45, 7) is 6.40. The zero-order chi connectivity index (χ0) is 14.3. The quantitative estimate of drug-likeness (QED) is 0.661. The van der Waals surface area contributed by atoms with Crippen molar-refractivity contribution in [3.05, 3.63) is 63.9 Å². The molecule has 1 N–H and O–H groups in total. The van der Waals surface area contributed by atoms with Crippen molar-refractivity contribution < 1.29 is 0 Å². The van der Waals surface area contributed by atoms with Gasteiger partial charge in [-0.25, -0.2) is 0 Å². The number of aryl methyl sites for hydroxylation is 2. The van der Waals surface area contributed by atoms with Gasteiger partial charge in [-0.1, -0.05) is 35.9 Å². The fourth-order valence-electron chi connectivity index (χ4n) is 2.61. The second-order valence-electron chi connectivity index (χ2n) is 5.41. The summed E-state index contributed by atoms with van der Waals surface area (Å²) in [5, 5.41) is 0. The maximum atomic E-state index is 5.51. The molecule has 0 aliphatic heterocycles. The van der Waals surface area contributed by atoms with Crippen LogP contribution in [0.5, 0.6) is 0 Å². The molecule has 2 nitrogen and oxygen atoms in total. The summed E-state index contributed by atoms with van der Waals surface area (Å²) in [4.78, 5) is 3.29. The summed E-state index contributed by atoms with van der Waals surface area (Å²) in [7, 11) is 0. The van der Waals surface area contributed by atoms with Crippen LogP contribution >= 0.6 is 12.2 Å². The van der Waals surface area contributed by atoms with E-state index in [0.29, 0.717) is 0 Å². The highest BCUT2D eigenvalue weighted by atomic mass is 32.1. The Morgan fingerprint density at radius 1 is 1.00 bits per heavy atom. The van der Waals surface area contributed by atoms with Gasteiger partial charge in [-0.05, 0) is 56.2 Å². The summed E-state index contributed by atoms with van der Waals surface area (Å²) in [5.41, 5.74) is 6.06. The molecule has 1 atom stereocenters. The molecule has 3 rings (SSSR count). The maximum absolute atomic E-state index is 5.51. The molecule has 2 aromatic carbocycles. The molecule has 0 amide bonds. The lowest BCUT2D eigenvalue weighted by atomic mass is 10.1. The van der Waals surface area contributed by atoms with Crippen molar-refractivity contribution in [2.75, 3.05) is 0 Å². The fraction of sp³-hybridized carbons (Fsp3) is 0.235. The molecule has 0 fully saturated rings. The maximum Gasteiger partial charge on any atom is 0.178 e. The number of H-pyrrole nitrogens is 1. The average Bonchev–Trinajstić information content (AvgIpc) is 2.74. The first-order valence-corrected chi connectivity index (χ1v) is 7.24. The number of fused-ring (bicyclic) bond motifs is 1. The Morgan fingerprint density at radius 2 is 1.65 bits per heavy atom. The molecule has 102 valence electrons. The van der Waals surface area contributed by atoms with E-state index in [-0.39, 0.29) is 6.04 Å².